The van der Waals surface area contributed by atoms with E-state index in [0.29, 0.717) is 32.0 Å². The van der Waals surface area contributed by atoms with Crippen LogP contribution in [0.4, 0.5) is 14.6 Å². The summed E-state index contributed by atoms with van der Waals surface area (Å²) >= 11 is 0. The summed E-state index contributed by atoms with van der Waals surface area (Å²) in [6, 6.07) is 12.7. The SMILES string of the molecule is O=C(Nc1c2c(nn1-c1ccccc1)CCC2)C1CCN(C(=O)c2ccc(F)cc2F)CC1. The van der Waals surface area contributed by atoms with E-state index in [2.05, 4.69) is 5.32 Å². The number of anilines is 1. The van der Waals surface area contributed by atoms with Crippen LogP contribution in [-0.2, 0) is 17.6 Å². The number of carbonyl (C=O) groups is 2. The lowest BCUT2D eigenvalue weighted by Crippen LogP contribution is -2.41. The number of aryl methyl sites for hydroxylation is 1. The van der Waals surface area contributed by atoms with Gasteiger partial charge < -0.3 is 10.2 Å². The third kappa shape index (κ3) is 4.13. The lowest BCUT2D eigenvalue weighted by molar-refractivity contribution is -0.121. The molecule has 3 aromatic rings. The number of carbonyl (C=O) groups excluding carboxylic acids is 2. The summed E-state index contributed by atoms with van der Waals surface area (Å²) in [5.41, 5.74) is 2.85. The van der Waals surface area contributed by atoms with E-state index in [9.17, 15) is 18.4 Å². The van der Waals surface area contributed by atoms with Gasteiger partial charge in [-0.3, -0.25) is 9.59 Å². The van der Waals surface area contributed by atoms with Crippen LogP contribution in [0.5, 0.6) is 0 Å². The molecule has 1 aliphatic heterocycles. The highest BCUT2D eigenvalue weighted by Gasteiger charge is 2.31. The number of halogens is 2. The van der Waals surface area contributed by atoms with Gasteiger partial charge in [0.15, 0.2) is 0 Å². The van der Waals surface area contributed by atoms with Crippen LogP contribution in [0.25, 0.3) is 5.69 Å². The molecular formula is C25H24F2N4O2. The average Bonchev–Trinajstić information content (AvgIpc) is 3.42. The number of para-hydroxylation sites is 1. The Morgan fingerprint density at radius 2 is 1.76 bits per heavy atom. The molecule has 2 aromatic carbocycles. The fraction of sp³-hybridized carbons (Fsp3) is 0.320. The minimum Gasteiger partial charge on any atom is -0.339 e. The highest BCUT2D eigenvalue weighted by Crippen LogP contribution is 2.32. The highest BCUT2D eigenvalue weighted by atomic mass is 19.1. The van der Waals surface area contributed by atoms with Gasteiger partial charge in [-0.15, -0.1) is 0 Å². The van der Waals surface area contributed by atoms with Gasteiger partial charge in [-0.25, -0.2) is 13.5 Å². The van der Waals surface area contributed by atoms with Crippen LogP contribution in [0.15, 0.2) is 48.5 Å². The third-order valence-corrected chi connectivity index (χ3v) is 6.46. The molecule has 1 aromatic heterocycles. The van der Waals surface area contributed by atoms with E-state index < -0.39 is 17.5 Å². The van der Waals surface area contributed by atoms with Gasteiger partial charge in [0.1, 0.15) is 17.5 Å². The van der Waals surface area contributed by atoms with Crippen molar-refractivity contribution >= 4 is 17.6 Å². The Hall–Kier alpha value is -3.55. The first-order chi connectivity index (χ1) is 16.0. The maximum absolute atomic E-state index is 14.0. The van der Waals surface area contributed by atoms with Gasteiger partial charge >= 0.3 is 0 Å². The van der Waals surface area contributed by atoms with Crippen LogP contribution in [0.2, 0.25) is 0 Å². The van der Waals surface area contributed by atoms with Crippen molar-refractivity contribution in [3.63, 3.8) is 0 Å². The molecule has 8 heteroatoms. The van der Waals surface area contributed by atoms with Gasteiger partial charge in [0.25, 0.3) is 5.91 Å². The number of piperidine rings is 1. The van der Waals surface area contributed by atoms with Crippen LogP contribution in [0, 0.1) is 17.6 Å². The van der Waals surface area contributed by atoms with Crippen molar-refractivity contribution in [2.45, 2.75) is 32.1 Å². The lowest BCUT2D eigenvalue weighted by Gasteiger charge is -2.31. The Balaban J connectivity index is 1.28. The van der Waals surface area contributed by atoms with Crippen LogP contribution in [0.1, 0.15) is 40.9 Å². The summed E-state index contributed by atoms with van der Waals surface area (Å²) in [6.07, 6.45) is 3.76. The normalized spacial score (nSPS) is 16.0. The summed E-state index contributed by atoms with van der Waals surface area (Å²) < 4.78 is 29.0. The number of hydrogen-bond donors (Lipinski definition) is 1. The molecule has 0 bridgehead atoms. The minimum atomic E-state index is -0.872. The van der Waals surface area contributed by atoms with Crippen molar-refractivity contribution in [2.75, 3.05) is 18.4 Å². The first-order valence-electron chi connectivity index (χ1n) is 11.2. The third-order valence-electron chi connectivity index (χ3n) is 6.46. The molecule has 5 rings (SSSR count). The molecule has 1 saturated heterocycles. The van der Waals surface area contributed by atoms with E-state index in [4.69, 9.17) is 5.10 Å². The summed E-state index contributed by atoms with van der Waals surface area (Å²) in [6.45, 7) is 0.674. The molecule has 2 aliphatic rings. The van der Waals surface area contributed by atoms with Crippen molar-refractivity contribution in [3.8, 4) is 5.69 Å². The van der Waals surface area contributed by atoms with Gasteiger partial charge in [-0.2, -0.15) is 5.10 Å². The smallest absolute Gasteiger partial charge is 0.256 e. The molecule has 0 unspecified atom stereocenters. The second-order valence-corrected chi connectivity index (χ2v) is 8.55. The molecule has 2 heterocycles. The van der Waals surface area contributed by atoms with Crippen LogP contribution in [0.3, 0.4) is 0 Å². The number of nitrogens with zero attached hydrogens (tertiary/aromatic N) is 3. The molecule has 1 fully saturated rings. The first kappa shape index (κ1) is 21.3. The van der Waals surface area contributed by atoms with Gasteiger partial charge in [0.2, 0.25) is 5.91 Å². The number of amides is 2. The van der Waals surface area contributed by atoms with Crippen LogP contribution in [-0.4, -0.2) is 39.6 Å². The lowest BCUT2D eigenvalue weighted by atomic mass is 9.95. The number of aromatic nitrogens is 2. The van der Waals surface area contributed by atoms with Gasteiger partial charge in [0, 0.05) is 30.6 Å². The Labute approximate surface area is 190 Å². The Morgan fingerprint density at radius 1 is 1.00 bits per heavy atom. The van der Waals surface area contributed by atoms with E-state index in [0.717, 1.165) is 54.2 Å². The molecule has 1 aliphatic carbocycles. The fourth-order valence-electron chi connectivity index (χ4n) is 4.67. The largest absolute Gasteiger partial charge is 0.339 e. The van der Waals surface area contributed by atoms with Gasteiger partial charge in [-0.1, -0.05) is 18.2 Å². The van der Waals surface area contributed by atoms with Crippen molar-refractivity contribution < 1.29 is 18.4 Å². The molecule has 6 nitrogen and oxygen atoms in total. The van der Waals surface area contributed by atoms with Gasteiger partial charge in [-0.05, 0) is 56.4 Å². The topological polar surface area (TPSA) is 67.2 Å². The molecule has 0 radical (unpaired) electrons. The van der Waals surface area contributed by atoms with Gasteiger partial charge in [0.05, 0.1) is 16.9 Å². The maximum Gasteiger partial charge on any atom is 0.256 e. The Kier molecular flexibility index (Phi) is 5.66. The number of benzene rings is 2. The zero-order valence-electron chi connectivity index (χ0n) is 18.1. The predicted octanol–water partition coefficient (Wildman–Crippen LogP) is 4.13. The summed E-state index contributed by atoms with van der Waals surface area (Å²) in [7, 11) is 0. The predicted molar refractivity (Wildman–Crippen MR) is 119 cm³/mol. The highest BCUT2D eigenvalue weighted by molar-refractivity contribution is 5.95. The van der Waals surface area contributed by atoms with E-state index >= 15 is 0 Å². The molecule has 2 amide bonds. The molecule has 0 saturated carbocycles. The summed E-state index contributed by atoms with van der Waals surface area (Å²) in [5.74, 6) is -1.70. The molecule has 0 atom stereocenters. The van der Waals surface area contributed by atoms with E-state index in [-0.39, 0.29) is 17.4 Å². The van der Waals surface area contributed by atoms with Crippen LogP contribution < -0.4 is 5.32 Å². The standard InChI is InChI=1S/C25H24F2N4O2/c26-17-9-10-19(21(27)15-17)25(33)30-13-11-16(12-14-30)24(32)28-23-20-7-4-8-22(20)29-31(23)18-5-2-1-3-6-18/h1-3,5-6,9-10,15-16H,4,7-8,11-14H2,(H,28,32). The van der Waals surface area contributed by atoms with E-state index in [1.54, 1.807) is 4.68 Å². The summed E-state index contributed by atoms with van der Waals surface area (Å²) in [4.78, 5) is 27.3. The minimum absolute atomic E-state index is 0.0955. The second kappa shape index (κ2) is 8.77. The van der Waals surface area contributed by atoms with Crippen molar-refractivity contribution in [1.29, 1.82) is 0 Å². The quantitative estimate of drug-likeness (QED) is 0.650. The molecule has 33 heavy (non-hydrogen) atoms. The van der Waals surface area contributed by atoms with E-state index in [1.807, 2.05) is 30.3 Å². The van der Waals surface area contributed by atoms with Crippen molar-refractivity contribution in [3.05, 3.63) is 77.0 Å². The second-order valence-electron chi connectivity index (χ2n) is 8.55. The zero-order chi connectivity index (χ0) is 22.9. The maximum atomic E-state index is 14.0. The first-order valence-corrected chi connectivity index (χ1v) is 11.2. The van der Waals surface area contributed by atoms with Crippen LogP contribution >= 0.6 is 0 Å². The summed E-state index contributed by atoms with van der Waals surface area (Å²) in [5, 5.41) is 7.84. The average molecular weight is 450 g/mol. The number of nitrogens with one attached hydrogen (secondary N) is 1. The zero-order valence-corrected chi connectivity index (χ0v) is 18.1. The molecule has 0 spiro atoms. The fourth-order valence-corrected chi connectivity index (χ4v) is 4.67. The number of likely N-dealkylation sites (tertiary alicyclic amines) is 1. The Bertz CT molecular complexity index is 1200. The number of rotatable bonds is 4. The Morgan fingerprint density at radius 3 is 2.48 bits per heavy atom. The number of hydrogen-bond acceptors (Lipinski definition) is 3. The molecule has 170 valence electrons. The molecular weight excluding hydrogens is 426 g/mol. The monoisotopic (exact) mass is 450 g/mol. The van der Waals surface area contributed by atoms with E-state index in [1.165, 1.54) is 4.90 Å². The van der Waals surface area contributed by atoms with Crippen molar-refractivity contribution in [1.82, 2.24) is 14.7 Å². The molecule has 1 N–H and O–H groups in total. The number of fused-ring (bicyclic) bond motifs is 1. The van der Waals surface area contributed by atoms with Crippen molar-refractivity contribution in [2.24, 2.45) is 5.92 Å².